The Hall–Kier alpha value is -4.00. The first-order valence-electron chi connectivity index (χ1n) is 12.5. The third-order valence-electron chi connectivity index (χ3n) is 6.01. The van der Waals surface area contributed by atoms with Crippen LogP contribution in [0.5, 0.6) is 17.2 Å². The molecule has 0 aliphatic heterocycles. The minimum absolute atomic E-state index is 0.0129. The number of halogens is 5. The molecule has 0 aliphatic rings. The fourth-order valence-electron chi connectivity index (χ4n) is 3.62. The van der Waals surface area contributed by atoms with Gasteiger partial charge in [-0.05, 0) is 71.8 Å². The van der Waals surface area contributed by atoms with Crippen LogP contribution in [0.4, 0.5) is 22.0 Å². The van der Waals surface area contributed by atoms with E-state index in [1.165, 1.54) is 78.9 Å². The number of ether oxygens (including phenoxy) is 2. The average Bonchev–Trinajstić information content (AvgIpc) is 2.94. The zero-order valence-corrected chi connectivity index (χ0v) is 23.3. The van der Waals surface area contributed by atoms with E-state index >= 15 is 0 Å². The van der Waals surface area contributed by atoms with Crippen molar-refractivity contribution >= 4 is 9.84 Å². The molecule has 0 heterocycles. The molecule has 0 bridgehead atoms. The van der Waals surface area contributed by atoms with Gasteiger partial charge in [-0.1, -0.05) is 30.9 Å². The van der Waals surface area contributed by atoms with Gasteiger partial charge < -0.3 is 20.9 Å². The number of hydrogen-bond acceptors (Lipinski definition) is 6. The van der Waals surface area contributed by atoms with Gasteiger partial charge in [0.1, 0.15) is 23.9 Å². The number of sulfone groups is 1. The summed E-state index contributed by atoms with van der Waals surface area (Å²) in [4.78, 5) is -0.257. The van der Waals surface area contributed by atoms with Crippen LogP contribution < -0.4 is 20.9 Å². The lowest BCUT2D eigenvalue weighted by atomic mass is 10.1. The maximum atomic E-state index is 14.1. The molecule has 0 atom stereocenters. The maximum absolute atomic E-state index is 14.1. The molecule has 224 valence electrons. The Morgan fingerprint density at radius 1 is 0.881 bits per heavy atom. The van der Waals surface area contributed by atoms with E-state index in [4.69, 9.17) is 20.9 Å². The Morgan fingerprint density at radius 3 is 1.93 bits per heavy atom. The van der Waals surface area contributed by atoms with E-state index in [9.17, 15) is 30.4 Å². The van der Waals surface area contributed by atoms with Gasteiger partial charge in [0.25, 0.3) is 5.92 Å². The molecule has 0 aromatic heterocycles. The Balaban J connectivity index is 1.76. The molecule has 0 unspecified atom stereocenters. The summed E-state index contributed by atoms with van der Waals surface area (Å²) in [6.07, 6.45) is -1.28. The van der Waals surface area contributed by atoms with Crippen molar-refractivity contribution in [1.29, 1.82) is 0 Å². The van der Waals surface area contributed by atoms with Gasteiger partial charge in [-0.3, -0.25) is 0 Å². The number of hydrogen-bond donors (Lipinski definition) is 2. The van der Waals surface area contributed by atoms with Crippen LogP contribution in [0.1, 0.15) is 18.1 Å². The Labute approximate surface area is 240 Å². The van der Waals surface area contributed by atoms with Crippen molar-refractivity contribution < 1.29 is 39.8 Å². The quantitative estimate of drug-likeness (QED) is 0.173. The Bertz CT molecular complexity index is 1560. The highest BCUT2D eigenvalue weighted by atomic mass is 32.2. The monoisotopic (exact) mass is 608 g/mol. The van der Waals surface area contributed by atoms with E-state index in [0.29, 0.717) is 11.1 Å². The summed E-state index contributed by atoms with van der Waals surface area (Å²) in [5.41, 5.74) is 10.7. The first kappa shape index (κ1) is 32.5. The molecule has 4 N–H and O–H groups in total. The molecule has 3 aromatic rings. The lowest BCUT2D eigenvalue weighted by Crippen LogP contribution is -2.18. The van der Waals surface area contributed by atoms with Crippen LogP contribution in [-0.2, 0) is 22.3 Å². The van der Waals surface area contributed by atoms with Crippen LogP contribution in [0.2, 0.25) is 0 Å². The highest BCUT2D eigenvalue weighted by Gasteiger charge is 2.33. The largest absolute Gasteiger partial charge is 0.489 e. The second-order valence-corrected chi connectivity index (χ2v) is 11.0. The zero-order chi connectivity index (χ0) is 31.1. The van der Waals surface area contributed by atoms with Gasteiger partial charge in [0.2, 0.25) is 9.84 Å². The van der Waals surface area contributed by atoms with Gasteiger partial charge in [0, 0.05) is 20.0 Å². The van der Waals surface area contributed by atoms with Gasteiger partial charge >= 0.3 is 6.18 Å². The van der Waals surface area contributed by atoms with Crippen LogP contribution in [0.15, 0.2) is 112 Å². The number of benzene rings is 3. The molecule has 42 heavy (non-hydrogen) atoms. The summed E-state index contributed by atoms with van der Waals surface area (Å²) in [5.74, 6) is -3.17. The van der Waals surface area contributed by atoms with Crippen LogP contribution in [0.25, 0.3) is 0 Å². The number of rotatable bonds is 12. The standard InChI is InChI=1S/C30H29F5N2O4S/c1-3-20(17-36)4-6-22(30(33,34)35)19-40-23-7-11-25(12-8-23)42(38,39)26-13-9-24(10-14-26)41-28-16-21(18-37)5-15-27(28)29(2,31)32/h3-16H,1,17-19,36-37H2,2H3/b20-4+,22-6+. The first-order chi connectivity index (χ1) is 19.7. The highest BCUT2D eigenvalue weighted by Crippen LogP contribution is 2.38. The van der Waals surface area contributed by atoms with E-state index in [1.54, 1.807) is 0 Å². The summed E-state index contributed by atoms with van der Waals surface area (Å²) in [5, 5.41) is 0. The van der Waals surface area contributed by atoms with Gasteiger partial charge in [-0.25, -0.2) is 17.2 Å². The van der Waals surface area contributed by atoms with Gasteiger partial charge in [-0.15, -0.1) is 0 Å². The number of allylic oxidation sites excluding steroid dienone is 2. The van der Waals surface area contributed by atoms with Gasteiger partial charge in [0.05, 0.1) is 20.9 Å². The summed E-state index contributed by atoms with van der Waals surface area (Å²) >= 11 is 0. The third-order valence-corrected chi connectivity index (χ3v) is 7.79. The van der Waals surface area contributed by atoms with Crippen molar-refractivity contribution in [2.75, 3.05) is 13.2 Å². The molecule has 6 nitrogen and oxygen atoms in total. The van der Waals surface area contributed by atoms with Crippen LogP contribution in [0.3, 0.4) is 0 Å². The molecule has 12 heteroatoms. The maximum Gasteiger partial charge on any atom is 0.415 e. The van der Waals surface area contributed by atoms with Crippen molar-refractivity contribution in [3.8, 4) is 17.2 Å². The minimum atomic E-state index is -4.66. The van der Waals surface area contributed by atoms with E-state index in [0.717, 1.165) is 13.0 Å². The van der Waals surface area contributed by atoms with Crippen molar-refractivity contribution in [3.63, 3.8) is 0 Å². The molecule has 0 fully saturated rings. The molecule has 3 aromatic carbocycles. The number of alkyl halides is 5. The number of nitrogens with two attached hydrogens (primary N) is 2. The molecule has 0 saturated heterocycles. The predicted octanol–water partition coefficient (Wildman–Crippen LogP) is 6.82. The SMILES string of the molecule is C=C/C(=C\C=C(/COc1ccc(S(=O)(=O)c2ccc(Oc3cc(CN)ccc3C(C)(F)F)cc2)cc1)C(F)(F)F)CN. The minimum Gasteiger partial charge on any atom is -0.489 e. The summed E-state index contributed by atoms with van der Waals surface area (Å²) in [7, 11) is -4.03. The molecule has 3 rings (SSSR count). The zero-order valence-electron chi connectivity index (χ0n) is 22.5. The van der Waals surface area contributed by atoms with Crippen molar-refractivity contribution in [2.45, 2.75) is 35.4 Å². The molecule has 0 saturated carbocycles. The van der Waals surface area contributed by atoms with E-state index < -0.39 is 34.1 Å². The van der Waals surface area contributed by atoms with E-state index in [-0.39, 0.29) is 45.7 Å². The normalized spacial score (nSPS) is 13.1. The summed E-state index contributed by atoms with van der Waals surface area (Å²) in [6, 6.07) is 14.1. The Morgan fingerprint density at radius 2 is 1.45 bits per heavy atom. The van der Waals surface area contributed by atoms with Crippen molar-refractivity contribution in [2.24, 2.45) is 11.5 Å². The van der Waals surface area contributed by atoms with Crippen LogP contribution in [0, 0.1) is 0 Å². The molecular formula is C30H29F5N2O4S. The topological polar surface area (TPSA) is 105 Å². The molecular weight excluding hydrogens is 579 g/mol. The molecule has 0 radical (unpaired) electrons. The lowest BCUT2D eigenvalue weighted by molar-refractivity contribution is -0.0966. The smallest absolute Gasteiger partial charge is 0.415 e. The predicted molar refractivity (Wildman–Crippen MR) is 149 cm³/mol. The van der Waals surface area contributed by atoms with Crippen LogP contribution >= 0.6 is 0 Å². The lowest BCUT2D eigenvalue weighted by Gasteiger charge is -2.17. The van der Waals surface area contributed by atoms with Gasteiger partial charge in [-0.2, -0.15) is 13.2 Å². The second kappa shape index (κ2) is 13.3. The third kappa shape index (κ3) is 8.28. The van der Waals surface area contributed by atoms with Gasteiger partial charge in [0.15, 0.2) is 0 Å². The fourth-order valence-corrected chi connectivity index (χ4v) is 4.88. The molecule has 0 aliphatic carbocycles. The molecule has 0 amide bonds. The second-order valence-electron chi connectivity index (χ2n) is 9.10. The van der Waals surface area contributed by atoms with Crippen LogP contribution in [-0.4, -0.2) is 27.7 Å². The summed E-state index contributed by atoms with van der Waals surface area (Å²) < 4.78 is 105. The molecule has 0 spiro atoms. The average molecular weight is 609 g/mol. The summed E-state index contributed by atoms with van der Waals surface area (Å²) in [6.45, 7) is 3.51. The first-order valence-corrected chi connectivity index (χ1v) is 13.9. The highest BCUT2D eigenvalue weighted by molar-refractivity contribution is 7.91. The van der Waals surface area contributed by atoms with E-state index in [1.807, 2.05) is 0 Å². The van der Waals surface area contributed by atoms with E-state index in [2.05, 4.69) is 6.58 Å². The van der Waals surface area contributed by atoms with Crippen molar-refractivity contribution in [1.82, 2.24) is 0 Å². The fraction of sp³-hybridized carbons (Fsp3) is 0.200. The van der Waals surface area contributed by atoms with Crippen molar-refractivity contribution in [3.05, 3.63) is 114 Å². The Kier molecular flexibility index (Phi) is 10.3.